The van der Waals surface area contributed by atoms with Crippen molar-refractivity contribution in [3.05, 3.63) is 59.4 Å². The summed E-state index contributed by atoms with van der Waals surface area (Å²) in [6, 6.07) is 14.0. The highest BCUT2D eigenvalue weighted by Crippen LogP contribution is 2.28. The maximum absolute atomic E-state index is 12.1. The van der Waals surface area contributed by atoms with Crippen LogP contribution in [0.2, 0.25) is 0 Å². The van der Waals surface area contributed by atoms with Crippen LogP contribution in [0.25, 0.3) is 0 Å². The fourth-order valence-corrected chi connectivity index (χ4v) is 2.92. The third-order valence-electron chi connectivity index (χ3n) is 4.13. The minimum absolute atomic E-state index is 0.0672. The lowest BCUT2D eigenvalue weighted by Gasteiger charge is -2.11. The van der Waals surface area contributed by atoms with Gasteiger partial charge >= 0.3 is 0 Å². The van der Waals surface area contributed by atoms with Gasteiger partial charge in [-0.1, -0.05) is 30.3 Å². The number of methoxy groups -OCH3 is 1. The molecule has 0 bridgehead atoms. The number of aromatic amines is 1. The van der Waals surface area contributed by atoms with Crippen LogP contribution in [0.15, 0.2) is 42.5 Å². The summed E-state index contributed by atoms with van der Waals surface area (Å²) in [5.74, 6) is 0.302. The van der Waals surface area contributed by atoms with Crippen molar-refractivity contribution >= 4 is 5.91 Å². The van der Waals surface area contributed by atoms with Crippen molar-refractivity contribution in [3.63, 3.8) is 0 Å². The van der Waals surface area contributed by atoms with E-state index in [1.807, 2.05) is 24.3 Å². The third kappa shape index (κ3) is 4.00. The van der Waals surface area contributed by atoms with E-state index in [0.717, 1.165) is 12.1 Å². The normalized spacial score (nSPS) is 20.6. The lowest BCUT2D eigenvalue weighted by Crippen LogP contribution is -2.32. The van der Waals surface area contributed by atoms with E-state index in [0.29, 0.717) is 31.4 Å². The molecule has 1 aliphatic rings. The average Bonchev–Trinajstić information content (AvgIpc) is 3.23. The largest absolute Gasteiger partial charge is 0.378 e. The molecule has 5 heteroatoms. The standard InChI is InChI=1S/C18H22N2O3/c1-22-12-15-7-8-17(20-15)18(21)19-10-16-9-14(11-23-16)13-5-3-2-4-6-13/h2-8,14,16,20H,9-12H2,1H3,(H,19,21)/t14-,16-/m0/s1. The predicted molar refractivity (Wildman–Crippen MR) is 87.4 cm³/mol. The van der Waals surface area contributed by atoms with Crippen LogP contribution in [-0.2, 0) is 16.1 Å². The number of hydrogen-bond donors (Lipinski definition) is 2. The van der Waals surface area contributed by atoms with E-state index < -0.39 is 0 Å². The molecule has 23 heavy (non-hydrogen) atoms. The molecule has 0 aliphatic carbocycles. The summed E-state index contributed by atoms with van der Waals surface area (Å²) in [7, 11) is 1.63. The summed E-state index contributed by atoms with van der Waals surface area (Å²) in [6.07, 6.45) is 1.00. The van der Waals surface area contributed by atoms with Gasteiger partial charge in [0.25, 0.3) is 5.91 Å². The molecule has 5 nitrogen and oxygen atoms in total. The number of benzene rings is 1. The smallest absolute Gasteiger partial charge is 0.267 e. The molecular weight excluding hydrogens is 292 g/mol. The number of rotatable bonds is 6. The molecule has 2 heterocycles. The van der Waals surface area contributed by atoms with Gasteiger partial charge in [-0.05, 0) is 24.1 Å². The number of hydrogen-bond acceptors (Lipinski definition) is 3. The molecule has 3 rings (SSSR count). The Morgan fingerprint density at radius 1 is 1.30 bits per heavy atom. The molecule has 1 fully saturated rings. The van der Waals surface area contributed by atoms with Gasteiger partial charge in [-0.15, -0.1) is 0 Å². The van der Waals surface area contributed by atoms with Gasteiger partial charge in [-0.3, -0.25) is 4.79 Å². The molecule has 0 unspecified atom stereocenters. The number of carbonyl (C=O) groups is 1. The zero-order valence-electron chi connectivity index (χ0n) is 13.2. The highest BCUT2D eigenvalue weighted by atomic mass is 16.5. The molecule has 1 aromatic heterocycles. The third-order valence-corrected chi connectivity index (χ3v) is 4.13. The highest BCUT2D eigenvalue weighted by molar-refractivity contribution is 5.92. The summed E-state index contributed by atoms with van der Waals surface area (Å²) in [4.78, 5) is 15.2. The van der Waals surface area contributed by atoms with Crippen LogP contribution in [-0.4, -0.2) is 37.3 Å². The fraction of sp³-hybridized carbons (Fsp3) is 0.389. The monoisotopic (exact) mass is 314 g/mol. The molecule has 122 valence electrons. The van der Waals surface area contributed by atoms with Crippen LogP contribution in [0.5, 0.6) is 0 Å². The molecule has 2 N–H and O–H groups in total. The van der Waals surface area contributed by atoms with Crippen LogP contribution in [0.3, 0.4) is 0 Å². The molecule has 0 radical (unpaired) electrons. The second-order valence-electron chi connectivity index (χ2n) is 5.84. The molecule has 0 spiro atoms. The first-order valence-electron chi connectivity index (χ1n) is 7.88. The van der Waals surface area contributed by atoms with Crippen LogP contribution in [0, 0.1) is 0 Å². The minimum atomic E-state index is -0.112. The van der Waals surface area contributed by atoms with Crippen molar-refractivity contribution in [1.29, 1.82) is 0 Å². The van der Waals surface area contributed by atoms with E-state index in [-0.39, 0.29) is 12.0 Å². The van der Waals surface area contributed by atoms with Crippen molar-refractivity contribution < 1.29 is 14.3 Å². The van der Waals surface area contributed by atoms with E-state index in [2.05, 4.69) is 22.4 Å². The highest BCUT2D eigenvalue weighted by Gasteiger charge is 2.26. The van der Waals surface area contributed by atoms with E-state index in [4.69, 9.17) is 9.47 Å². The van der Waals surface area contributed by atoms with E-state index >= 15 is 0 Å². The maximum atomic E-state index is 12.1. The number of H-pyrrole nitrogens is 1. The van der Waals surface area contributed by atoms with Gasteiger partial charge in [0.1, 0.15) is 5.69 Å². The zero-order valence-corrected chi connectivity index (χ0v) is 13.2. The Labute approximate surface area is 136 Å². The number of aromatic nitrogens is 1. The van der Waals surface area contributed by atoms with E-state index in [1.165, 1.54) is 5.56 Å². The quantitative estimate of drug-likeness (QED) is 0.861. The van der Waals surface area contributed by atoms with E-state index in [9.17, 15) is 4.79 Å². The van der Waals surface area contributed by atoms with E-state index in [1.54, 1.807) is 13.2 Å². The molecular formula is C18H22N2O3. The summed E-state index contributed by atoms with van der Waals surface area (Å²) in [6.45, 7) is 1.71. The van der Waals surface area contributed by atoms with Crippen LogP contribution in [0.1, 0.15) is 34.1 Å². The predicted octanol–water partition coefficient (Wildman–Crippen LogP) is 2.46. The van der Waals surface area contributed by atoms with Gasteiger partial charge in [0.05, 0.1) is 19.3 Å². The SMILES string of the molecule is COCc1ccc(C(=O)NC[C@@H]2C[C@H](c3ccccc3)CO2)[nH]1. The molecule has 1 aromatic carbocycles. The summed E-state index contributed by atoms with van der Waals surface area (Å²) >= 11 is 0. The Kier molecular flexibility index (Phi) is 5.10. The van der Waals surface area contributed by atoms with Crippen molar-refractivity contribution in [2.45, 2.75) is 25.0 Å². The number of nitrogens with one attached hydrogen (secondary N) is 2. The van der Waals surface area contributed by atoms with Gasteiger partial charge in [0.15, 0.2) is 0 Å². The molecule has 2 atom stereocenters. The molecule has 2 aromatic rings. The summed E-state index contributed by atoms with van der Waals surface area (Å²) in [5.41, 5.74) is 2.74. The van der Waals surface area contributed by atoms with Crippen molar-refractivity contribution in [2.24, 2.45) is 0 Å². The number of amides is 1. The first-order valence-corrected chi connectivity index (χ1v) is 7.88. The van der Waals surface area contributed by atoms with Crippen LogP contribution in [0.4, 0.5) is 0 Å². The van der Waals surface area contributed by atoms with Gasteiger partial charge in [0.2, 0.25) is 0 Å². The lowest BCUT2D eigenvalue weighted by molar-refractivity contribution is 0.0851. The minimum Gasteiger partial charge on any atom is -0.378 e. The second kappa shape index (κ2) is 7.44. The first kappa shape index (κ1) is 15.8. The van der Waals surface area contributed by atoms with Crippen molar-refractivity contribution in [2.75, 3.05) is 20.3 Å². The Morgan fingerprint density at radius 3 is 2.91 bits per heavy atom. The Bertz CT molecular complexity index is 639. The van der Waals surface area contributed by atoms with Crippen molar-refractivity contribution in [1.82, 2.24) is 10.3 Å². The second-order valence-corrected chi connectivity index (χ2v) is 5.84. The topological polar surface area (TPSA) is 63.4 Å². The molecule has 1 amide bonds. The lowest BCUT2D eigenvalue weighted by atomic mass is 9.96. The number of ether oxygens (including phenoxy) is 2. The van der Waals surface area contributed by atoms with Gasteiger partial charge in [0, 0.05) is 25.3 Å². The molecule has 1 saturated heterocycles. The Balaban J connectivity index is 1.48. The van der Waals surface area contributed by atoms with Crippen LogP contribution < -0.4 is 5.32 Å². The fourth-order valence-electron chi connectivity index (χ4n) is 2.92. The molecule has 0 saturated carbocycles. The first-order chi connectivity index (χ1) is 11.3. The number of carbonyl (C=O) groups excluding carboxylic acids is 1. The Hall–Kier alpha value is -2.11. The van der Waals surface area contributed by atoms with Crippen LogP contribution >= 0.6 is 0 Å². The molecule has 1 aliphatic heterocycles. The zero-order chi connectivity index (χ0) is 16.1. The summed E-state index contributed by atoms with van der Waals surface area (Å²) < 4.78 is 10.8. The average molecular weight is 314 g/mol. The van der Waals surface area contributed by atoms with Gasteiger partial charge in [-0.2, -0.15) is 0 Å². The van der Waals surface area contributed by atoms with Gasteiger partial charge < -0.3 is 19.8 Å². The maximum Gasteiger partial charge on any atom is 0.267 e. The Morgan fingerprint density at radius 2 is 2.13 bits per heavy atom. The summed E-state index contributed by atoms with van der Waals surface area (Å²) in [5, 5.41) is 2.93. The van der Waals surface area contributed by atoms with Gasteiger partial charge in [-0.25, -0.2) is 0 Å². The van der Waals surface area contributed by atoms with Crippen molar-refractivity contribution in [3.8, 4) is 0 Å².